The molecule has 0 aliphatic rings. The fourth-order valence-electron chi connectivity index (χ4n) is 2.05. The van der Waals surface area contributed by atoms with Gasteiger partial charge in [0.15, 0.2) is 0 Å². The smallest absolute Gasteiger partial charge is 0.0626 e. The minimum absolute atomic E-state index is 0.780. The molecule has 0 bridgehead atoms. The number of nitrogen functional groups attached to an aromatic ring is 1. The summed E-state index contributed by atoms with van der Waals surface area (Å²) in [5.74, 6) is 0.780. The molecule has 0 aliphatic heterocycles. The molecule has 90 valence electrons. The number of nitrogens with two attached hydrogens (primary N) is 1. The van der Waals surface area contributed by atoms with Crippen molar-refractivity contribution in [2.24, 2.45) is 5.92 Å². The maximum absolute atomic E-state index is 6.01. The highest BCUT2D eigenvalue weighted by atomic mass is 15.1. The zero-order valence-corrected chi connectivity index (χ0v) is 11.0. The van der Waals surface area contributed by atoms with Crippen LogP contribution in [0.25, 0.3) is 0 Å². The van der Waals surface area contributed by atoms with E-state index in [0.717, 1.165) is 18.2 Å². The van der Waals surface area contributed by atoms with Gasteiger partial charge in [-0.05, 0) is 37.3 Å². The number of nitrogens with zero attached hydrogens (tertiary/aromatic N) is 1. The van der Waals surface area contributed by atoms with E-state index >= 15 is 0 Å². The topological polar surface area (TPSA) is 29.3 Å². The predicted molar refractivity (Wildman–Crippen MR) is 72.9 cm³/mol. The number of benzene rings is 1. The van der Waals surface area contributed by atoms with E-state index in [9.17, 15) is 0 Å². The lowest BCUT2D eigenvalue weighted by atomic mass is 10.1. The van der Waals surface area contributed by atoms with E-state index in [2.05, 4.69) is 38.8 Å². The van der Waals surface area contributed by atoms with Gasteiger partial charge in [0, 0.05) is 13.6 Å². The van der Waals surface area contributed by atoms with Gasteiger partial charge < -0.3 is 10.6 Å². The van der Waals surface area contributed by atoms with Crippen molar-refractivity contribution in [2.75, 3.05) is 24.2 Å². The molecule has 1 rings (SSSR count). The van der Waals surface area contributed by atoms with Crippen molar-refractivity contribution in [2.45, 2.75) is 33.6 Å². The molecule has 0 atom stereocenters. The Labute approximate surface area is 99.5 Å². The molecule has 16 heavy (non-hydrogen) atoms. The van der Waals surface area contributed by atoms with Crippen LogP contribution in [0.4, 0.5) is 11.4 Å². The lowest BCUT2D eigenvalue weighted by Crippen LogP contribution is -2.21. The Kier molecular flexibility index (Phi) is 4.66. The standard InChI is InChI=1S/C14H24N2/c1-11(2)7-6-10-16(4)14-12(3)8-5-9-13(14)15/h5,8-9,11H,6-7,10,15H2,1-4H3. The van der Waals surface area contributed by atoms with E-state index in [0.29, 0.717) is 0 Å². The third-order valence-corrected chi connectivity index (χ3v) is 2.93. The van der Waals surface area contributed by atoms with E-state index in [-0.39, 0.29) is 0 Å². The van der Waals surface area contributed by atoms with Crippen molar-refractivity contribution >= 4 is 11.4 Å². The molecule has 2 heteroatoms. The fraction of sp³-hybridized carbons (Fsp3) is 0.571. The highest BCUT2D eigenvalue weighted by Crippen LogP contribution is 2.26. The van der Waals surface area contributed by atoms with Gasteiger partial charge in [0.2, 0.25) is 0 Å². The molecule has 2 nitrogen and oxygen atoms in total. The molecule has 0 saturated heterocycles. The minimum Gasteiger partial charge on any atom is -0.397 e. The van der Waals surface area contributed by atoms with Crippen LogP contribution in [0.3, 0.4) is 0 Å². The van der Waals surface area contributed by atoms with Gasteiger partial charge in [0.05, 0.1) is 11.4 Å². The Bertz CT molecular complexity index is 311. The maximum atomic E-state index is 6.01. The van der Waals surface area contributed by atoms with Crippen LogP contribution in [0.5, 0.6) is 0 Å². The van der Waals surface area contributed by atoms with Crippen molar-refractivity contribution in [1.29, 1.82) is 0 Å². The van der Waals surface area contributed by atoms with E-state index in [1.54, 1.807) is 0 Å². The summed E-state index contributed by atoms with van der Waals surface area (Å²) in [4.78, 5) is 2.27. The van der Waals surface area contributed by atoms with Crippen molar-refractivity contribution < 1.29 is 0 Å². The van der Waals surface area contributed by atoms with Crippen molar-refractivity contribution in [3.05, 3.63) is 23.8 Å². The molecule has 1 aromatic carbocycles. The van der Waals surface area contributed by atoms with Crippen LogP contribution in [-0.2, 0) is 0 Å². The predicted octanol–water partition coefficient (Wildman–Crippen LogP) is 3.45. The number of para-hydroxylation sites is 1. The number of anilines is 2. The summed E-state index contributed by atoms with van der Waals surface area (Å²) in [7, 11) is 2.12. The summed E-state index contributed by atoms with van der Waals surface area (Å²) < 4.78 is 0. The third-order valence-electron chi connectivity index (χ3n) is 2.93. The van der Waals surface area contributed by atoms with E-state index in [4.69, 9.17) is 5.73 Å². The van der Waals surface area contributed by atoms with Crippen LogP contribution >= 0.6 is 0 Å². The number of hydrogen-bond donors (Lipinski definition) is 1. The lowest BCUT2D eigenvalue weighted by molar-refractivity contribution is 0.556. The summed E-state index contributed by atoms with van der Waals surface area (Å²) >= 11 is 0. The average Bonchev–Trinajstić information content (AvgIpc) is 2.16. The summed E-state index contributed by atoms with van der Waals surface area (Å²) in [5.41, 5.74) is 9.34. The lowest BCUT2D eigenvalue weighted by Gasteiger charge is -2.23. The first-order valence-corrected chi connectivity index (χ1v) is 6.08. The molecule has 0 radical (unpaired) electrons. The Morgan fingerprint density at radius 2 is 2.00 bits per heavy atom. The van der Waals surface area contributed by atoms with Gasteiger partial charge in [0.25, 0.3) is 0 Å². The fourth-order valence-corrected chi connectivity index (χ4v) is 2.05. The molecule has 0 aromatic heterocycles. The first-order valence-electron chi connectivity index (χ1n) is 6.08. The van der Waals surface area contributed by atoms with Crippen LogP contribution in [0.2, 0.25) is 0 Å². The van der Waals surface area contributed by atoms with Crippen LogP contribution in [0.1, 0.15) is 32.3 Å². The van der Waals surface area contributed by atoms with Gasteiger partial charge in [-0.25, -0.2) is 0 Å². The van der Waals surface area contributed by atoms with Gasteiger partial charge in [-0.2, -0.15) is 0 Å². The second-order valence-corrected chi connectivity index (χ2v) is 4.97. The second kappa shape index (κ2) is 5.78. The summed E-state index contributed by atoms with van der Waals surface area (Å²) in [6.45, 7) is 7.72. The highest BCUT2D eigenvalue weighted by Gasteiger charge is 2.07. The zero-order valence-electron chi connectivity index (χ0n) is 11.0. The zero-order chi connectivity index (χ0) is 12.1. The van der Waals surface area contributed by atoms with Crippen molar-refractivity contribution in [1.82, 2.24) is 0 Å². The Morgan fingerprint density at radius 3 is 2.56 bits per heavy atom. The molecule has 0 spiro atoms. The van der Waals surface area contributed by atoms with Crippen LogP contribution < -0.4 is 10.6 Å². The molecule has 0 aliphatic carbocycles. The van der Waals surface area contributed by atoms with E-state index < -0.39 is 0 Å². The molecule has 0 amide bonds. The molecule has 1 aromatic rings. The van der Waals surface area contributed by atoms with Crippen LogP contribution in [0.15, 0.2) is 18.2 Å². The Morgan fingerprint density at radius 1 is 1.31 bits per heavy atom. The minimum atomic E-state index is 0.780. The molecule has 0 heterocycles. The molecular weight excluding hydrogens is 196 g/mol. The Balaban J connectivity index is 2.62. The van der Waals surface area contributed by atoms with Gasteiger partial charge in [-0.1, -0.05) is 26.0 Å². The number of aryl methyl sites for hydroxylation is 1. The van der Waals surface area contributed by atoms with Gasteiger partial charge in [0.1, 0.15) is 0 Å². The second-order valence-electron chi connectivity index (χ2n) is 4.97. The van der Waals surface area contributed by atoms with Gasteiger partial charge in [-0.3, -0.25) is 0 Å². The highest BCUT2D eigenvalue weighted by molar-refractivity contribution is 5.70. The molecule has 0 fully saturated rings. The van der Waals surface area contributed by atoms with Crippen molar-refractivity contribution in [3.8, 4) is 0 Å². The average molecular weight is 220 g/mol. The third kappa shape index (κ3) is 3.44. The largest absolute Gasteiger partial charge is 0.397 e. The Hall–Kier alpha value is -1.18. The molecule has 0 unspecified atom stereocenters. The van der Waals surface area contributed by atoms with E-state index in [1.807, 2.05) is 12.1 Å². The van der Waals surface area contributed by atoms with Crippen LogP contribution in [-0.4, -0.2) is 13.6 Å². The molecular formula is C14H24N2. The monoisotopic (exact) mass is 220 g/mol. The summed E-state index contributed by atoms with van der Waals surface area (Å²) in [6.07, 6.45) is 2.50. The number of rotatable bonds is 5. The van der Waals surface area contributed by atoms with Crippen LogP contribution in [0, 0.1) is 12.8 Å². The number of hydrogen-bond acceptors (Lipinski definition) is 2. The first kappa shape index (κ1) is 12.9. The van der Waals surface area contributed by atoms with Gasteiger partial charge >= 0.3 is 0 Å². The quantitative estimate of drug-likeness (QED) is 0.770. The summed E-state index contributed by atoms with van der Waals surface area (Å²) in [5, 5.41) is 0. The van der Waals surface area contributed by atoms with E-state index in [1.165, 1.54) is 24.1 Å². The molecule has 0 saturated carbocycles. The normalized spacial score (nSPS) is 10.8. The van der Waals surface area contributed by atoms with Gasteiger partial charge in [-0.15, -0.1) is 0 Å². The molecule has 2 N–H and O–H groups in total. The SMILES string of the molecule is Cc1cccc(N)c1N(C)CCCC(C)C. The first-order chi connectivity index (χ1) is 7.52. The summed E-state index contributed by atoms with van der Waals surface area (Å²) in [6, 6.07) is 6.10. The maximum Gasteiger partial charge on any atom is 0.0626 e. The van der Waals surface area contributed by atoms with Crippen molar-refractivity contribution in [3.63, 3.8) is 0 Å².